The molecule has 0 aliphatic rings. The van der Waals surface area contributed by atoms with Crippen molar-refractivity contribution in [3.05, 3.63) is 53.9 Å². The molecule has 0 radical (unpaired) electrons. The molecule has 3 rings (SSSR count). The van der Waals surface area contributed by atoms with E-state index < -0.39 is 24.5 Å². The fraction of sp³-hybridized carbons (Fsp3) is 0.118. The van der Waals surface area contributed by atoms with Gasteiger partial charge in [0.25, 0.3) is 5.91 Å². The maximum absolute atomic E-state index is 13.2. The number of para-hydroxylation sites is 2. The number of halogens is 3. The first-order valence-electron chi connectivity index (χ1n) is 7.62. The molecule has 0 spiro atoms. The average Bonchev–Trinajstić information content (AvgIpc) is 2.96. The number of carbonyl (C=O) groups excluding carboxylic acids is 1. The molecule has 10 heteroatoms. The van der Waals surface area contributed by atoms with E-state index in [9.17, 15) is 28.2 Å². The monoisotopic (exact) mass is 378 g/mol. The number of imidazole rings is 1. The Morgan fingerprint density at radius 2 is 1.96 bits per heavy atom. The first-order valence-corrected chi connectivity index (χ1v) is 7.62. The van der Waals surface area contributed by atoms with E-state index in [1.807, 2.05) is 0 Å². The Kier molecular flexibility index (Phi) is 4.72. The summed E-state index contributed by atoms with van der Waals surface area (Å²) in [4.78, 5) is 15.6. The van der Waals surface area contributed by atoms with E-state index in [0.717, 1.165) is 16.8 Å². The van der Waals surface area contributed by atoms with Gasteiger partial charge in [0, 0.05) is 11.6 Å². The summed E-state index contributed by atoms with van der Waals surface area (Å²) in [5.74, 6) is -2.41. The van der Waals surface area contributed by atoms with E-state index in [0.29, 0.717) is 0 Å². The van der Waals surface area contributed by atoms with Crippen LogP contribution in [-0.2, 0) is 17.5 Å². The van der Waals surface area contributed by atoms with Crippen LogP contribution in [0.15, 0.2) is 47.6 Å². The van der Waals surface area contributed by atoms with Crippen molar-refractivity contribution >= 4 is 23.2 Å². The number of rotatable bonds is 4. The molecule has 0 aliphatic carbocycles. The molecule has 3 aromatic rings. The maximum atomic E-state index is 13.2. The van der Waals surface area contributed by atoms with Gasteiger partial charge in [0.1, 0.15) is 18.0 Å². The minimum atomic E-state index is -4.72. The third-order valence-electron chi connectivity index (χ3n) is 3.62. The van der Waals surface area contributed by atoms with E-state index in [-0.39, 0.29) is 28.1 Å². The summed E-state index contributed by atoms with van der Waals surface area (Å²) in [6, 6.07) is 9.68. The number of hydrazone groups is 1. The molecule has 140 valence electrons. The summed E-state index contributed by atoms with van der Waals surface area (Å²) in [7, 11) is 0. The van der Waals surface area contributed by atoms with E-state index in [1.165, 1.54) is 24.3 Å². The van der Waals surface area contributed by atoms with Crippen LogP contribution in [-0.4, -0.2) is 31.9 Å². The summed E-state index contributed by atoms with van der Waals surface area (Å²) >= 11 is 0. The number of hydrogen-bond acceptors (Lipinski definition) is 5. The second-order valence-corrected chi connectivity index (χ2v) is 5.54. The highest BCUT2D eigenvalue weighted by Crippen LogP contribution is 2.31. The predicted octanol–water partition coefficient (Wildman–Crippen LogP) is 2.62. The lowest BCUT2D eigenvalue weighted by Gasteiger charge is -2.10. The van der Waals surface area contributed by atoms with Crippen LogP contribution in [0, 0.1) is 0 Å². The largest absolute Gasteiger partial charge is 0.508 e. The average molecular weight is 378 g/mol. The molecule has 1 aromatic heterocycles. The highest BCUT2D eigenvalue weighted by atomic mass is 19.4. The lowest BCUT2D eigenvalue weighted by molar-refractivity contribution is -0.147. The SMILES string of the molecule is O=C(Cn1c(C(F)(F)F)nc2ccccc21)N/N=C/c1ccc(O)cc1O. The molecule has 0 atom stereocenters. The number of hydrogen-bond donors (Lipinski definition) is 3. The van der Waals surface area contributed by atoms with Crippen LogP contribution < -0.4 is 5.43 Å². The van der Waals surface area contributed by atoms with Crippen molar-refractivity contribution in [1.82, 2.24) is 15.0 Å². The van der Waals surface area contributed by atoms with Gasteiger partial charge in [-0.1, -0.05) is 12.1 Å². The molecular weight excluding hydrogens is 365 g/mol. The van der Waals surface area contributed by atoms with Gasteiger partial charge in [0.15, 0.2) is 0 Å². The van der Waals surface area contributed by atoms with Crippen molar-refractivity contribution in [1.29, 1.82) is 0 Å². The quantitative estimate of drug-likeness (QED) is 0.480. The van der Waals surface area contributed by atoms with Gasteiger partial charge in [-0.05, 0) is 24.3 Å². The summed E-state index contributed by atoms with van der Waals surface area (Å²) in [6.07, 6.45) is -3.62. The van der Waals surface area contributed by atoms with Crippen LogP contribution >= 0.6 is 0 Å². The second-order valence-electron chi connectivity index (χ2n) is 5.54. The Bertz CT molecular complexity index is 1030. The van der Waals surface area contributed by atoms with Gasteiger partial charge in [-0.2, -0.15) is 18.3 Å². The van der Waals surface area contributed by atoms with Gasteiger partial charge in [-0.3, -0.25) is 4.79 Å². The zero-order chi connectivity index (χ0) is 19.6. The fourth-order valence-corrected chi connectivity index (χ4v) is 2.45. The molecular formula is C17H13F3N4O3. The van der Waals surface area contributed by atoms with E-state index in [4.69, 9.17) is 0 Å². The van der Waals surface area contributed by atoms with Gasteiger partial charge >= 0.3 is 6.18 Å². The van der Waals surface area contributed by atoms with Gasteiger partial charge in [-0.15, -0.1) is 0 Å². The predicted molar refractivity (Wildman–Crippen MR) is 90.2 cm³/mol. The van der Waals surface area contributed by atoms with Crippen LogP contribution in [0.3, 0.4) is 0 Å². The number of carbonyl (C=O) groups is 1. The molecule has 0 saturated heterocycles. The molecule has 3 N–H and O–H groups in total. The number of phenolic OH excluding ortho intramolecular Hbond substituents is 2. The summed E-state index contributed by atoms with van der Waals surface area (Å²) in [5.41, 5.74) is 2.59. The molecule has 2 aromatic carbocycles. The maximum Gasteiger partial charge on any atom is 0.449 e. The highest BCUT2D eigenvalue weighted by molar-refractivity contribution is 5.86. The van der Waals surface area contributed by atoms with Crippen LogP contribution in [0.1, 0.15) is 11.4 Å². The Labute approximate surface area is 150 Å². The van der Waals surface area contributed by atoms with E-state index in [1.54, 1.807) is 12.1 Å². The molecule has 0 saturated carbocycles. The summed E-state index contributed by atoms with van der Waals surface area (Å²) < 4.78 is 40.3. The van der Waals surface area contributed by atoms with Crippen molar-refractivity contribution < 1.29 is 28.2 Å². The Morgan fingerprint density at radius 3 is 2.67 bits per heavy atom. The van der Waals surface area contributed by atoms with Crippen LogP contribution in [0.25, 0.3) is 11.0 Å². The second kappa shape index (κ2) is 6.98. The number of nitrogens with zero attached hydrogens (tertiary/aromatic N) is 3. The lowest BCUT2D eigenvalue weighted by atomic mass is 10.2. The first-order chi connectivity index (χ1) is 12.8. The number of aromatic hydroxyl groups is 2. The number of amides is 1. The van der Waals surface area contributed by atoms with Crippen LogP contribution in [0.5, 0.6) is 11.5 Å². The Morgan fingerprint density at radius 1 is 1.22 bits per heavy atom. The number of nitrogens with one attached hydrogen (secondary N) is 1. The van der Waals surface area contributed by atoms with Crippen LogP contribution in [0.2, 0.25) is 0 Å². The number of fused-ring (bicyclic) bond motifs is 1. The smallest absolute Gasteiger partial charge is 0.449 e. The van der Waals surface area contributed by atoms with Crippen molar-refractivity contribution in [3.63, 3.8) is 0 Å². The van der Waals surface area contributed by atoms with Crippen molar-refractivity contribution in [2.45, 2.75) is 12.7 Å². The third kappa shape index (κ3) is 4.00. The topological polar surface area (TPSA) is 99.7 Å². The van der Waals surface area contributed by atoms with Gasteiger partial charge in [0.05, 0.1) is 17.2 Å². The molecule has 1 amide bonds. The van der Waals surface area contributed by atoms with Gasteiger partial charge < -0.3 is 14.8 Å². The number of phenols is 2. The third-order valence-corrected chi connectivity index (χ3v) is 3.62. The number of alkyl halides is 3. The molecule has 0 bridgehead atoms. The Balaban J connectivity index is 1.79. The molecule has 0 aliphatic heterocycles. The number of benzene rings is 2. The number of aromatic nitrogens is 2. The lowest BCUT2D eigenvalue weighted by Crippen LogP contribution is -2.26. The van der Waals surface area contributed by atoms with Gasteiger partial charge in [0.2, 0.25) is 5.82 Å². The zero-order valence-corrected chi connectivity index (χ0v) is 13.6. The van der Waals surface area contributed by atoms with Gasteiger partial charge in [-0.25, -0.2) is 10.4 Å². The minimum absolute atomic E-state index is 0.121. The summed E-state index contributed by atoms with van der Waals surface area (Å²) in [6.45, 7) is -0.645. The van der Waals surface area contributed by atoms with Crippen molar-refractivity contribution in [3.8, 4) is 11.5 Å². The molecule has 0 unspecified atom stereocenters. The molecule has 27 heavy (non-hydrogen) atoms. The Hall–Kier alpha value is -3.56. The first kappa shape index (κ1) is 18.2. The van der Waals surface area contributed by atoms with E-state index in [2.05, 4.69) is 15.5 Å². The summed E-state index contributed by atoms with van der Waals surface area (Å²) in [5, 5.41) is 22.4. The minimum Gasteiger partial charge on any atom is -0.508 e. The molecule has 7 nitrogen and oxygen atoms in total. The van der Waals surface area contributed by atoms with Crippen LogP contribution in [0.4, 0.5) is 13.2 Å². The van der Waals surface area contributed by atoms with E-state index >= 15 is 0 Å². The molecule has 1 heterocycles. The molecule has 0 fully saturated rings. The zero-order valence-electron chi connectivity index (χ0n) is 13.6. The van der Waals surface area contributed by atoms with Crippen molar-refractivity contribution in [2.75, 3.05) is 0 Å². The fourth-order valence-electron chi connectivity index (χ4n) is 2.45. The normalized spacial score (nSPS) is 12.0. The highest BCUT2D eigenvalue weighted by Gasteiger charge is 2.37. The standard InChI is InChI=1S/C17H13F3N4O3/c18-17(19,20)16-22-12-3-1-2-4-13(12)24(16)9-15(27)23-21-8-10-5-6-11(25)7-14(10)26/h1-8,25-26H,9H2,(H,23,27)/b21-8+. The van der Waals surface area contributed by atoms with Crippen molar-refractivity contribution in [2.24, 2.45) is 5.10 Å².